The van der Waals surface area contributed by atoms with Gasteiger partial charge in [-0.2, -0.15) is 0 Å². The lowest BCUT2D eigenvalue weighted by Crippen LogP contribution is -2.12. The lowest BCUT2D eigenvalue weighted by Gasteiger charge is -2.05. The molecule has 1 heterocycles. The molecule has 1 rings (SSSR count). The van der Waals surface area contributed by atoms with E-state index in [1.165, 1.54) is 6.42 Å². The van der Waals surface area contributed by atoms with E-state index in [0.29, 0.717) is 11.7 Å². The van der Waals surface area contributed by atoms with Gasteiger partial charge in [-0.3, -0.25) is 4.79 Å². The molecule has 1 atom stereocenters. The minimum absolute atomic E-state index is 0.446. The minimum atomic E-state index is 0.446. The van der Waals surface area contributed by atoms with Gasteiger partial charge in [0, 0.05) is 12.8 Å². The lowest BCUT2D eigenvalue weighted by atomic mass is 10.00. The van der Waals surface area contributed by atoms with Crippen molar-refractivity contribution in [2.24, 2.45) is 5.92 Å². The fourth-order valence-electron chi connectivity index (χ4n) is 1.59. The third kappa shape index (κ3) is 3.02. The third-order valence-electron chi connectivity index (χ3n) is 2.21. The quantitative estimate of drug-likeness (QED) is 0.664. The van der Waals surface area contributed by atoms with Gasteiger partial charge < -0.3 is 5.32 Å². The molecule has 11 heavy (non-hydrogen) atoms. The highest BCUT2D eigenvalue weighted by Gasteiger charge is 2.16. The van der Waals surface area contributed by atoms with E-state index >= 15 is 0 Å². The molecule has 1 unspecified atom stereocenters. The topological polar surface area (TPSA) is 29.1 Å². The minimum Gasteiger partial charge on any atom is -0.316 e. The van der Waals surface area contributed by atoms with Crippen LogP contribution in [0.3, 0.4) is 0 Å². The zero-order valence-electron chi connectivity index (χ0n) is 7.23. The van der Waals surface area contributed by atoms with Crippen LogP contribution in [-0.2, 0) is 4.79 Å². The molecule has 2 nitrogen and oxygen atoms in total. The largest absolute Gasteiger partial charge is 0.316 e. The molecule has 64 valence electrons. The summed E-state index contributed by atoms with van der Waals surface area (Å²) in [6.45, 7) is 4.21. The molecule has 1 fully saturated rings. The van der Waals surface area contributed by atoms with Crippen LogP contribution in [-0.4, -0.2) is 18.9 Å². The monoisotopic (exact) mass is 155 g/mol. The Kier molecular flexibility index (Phi) is 3.57. The first kappa shape index (κ1) is 8.72. The van der Waals surface area contributed by atoms with Crippen molar-refractivity contribution in [3.05, 3.63) is 0 Å². The standard InChI is InChI=1S/C9H17NO/c1-2-3-9(11)6-8-4-5-10-7-8/h8,10H,2-7H2,1H3. The normalized spacial score (nSPS) is 23.9. The number of carbonyl (C=O) groups is 1. The summed E-state index contributed by atoms with van der Waals surface area (Å²) >= 11 is 0. The molecule has 0 aromatic heterocycles. The van der Waals surface area contributed by atoms with Crippen LogP contribution in [0.25, 0.3) is 0 Å². The molecule has 1 saturated heterocycles. The summed E-state index contributed by atoms with van der Waals surface area (Å²) in [5, 5.41) is 3.27. The van der Waals surface area contributed by atoms with Gasteiger partial charge >= 0.3 is 0 Å². The van der Waals surface area contributed by atoms with Gasteiger partial charge in [0.1, 0.15) is 5.78 Å². The van der Waals surface area contributed by atoms with Gasteiger partial charge in [-0.25, -0.2) is 0 Å². The molecule has 0 aromatic carbocycles. The van der Waals surface area contributed by atoms with Crippen molar-refractivity contribution >= 4 is 5.78 Å². The van der Waals surface area contributed by atoms with E-state index < -0.39 is 0 Å². The predicted octanol–water partition coefficient (Wildman–Crippen LogP) is 1.36. The molecule has 1 aliphatic heterocycles. The van der Waals surface area contributed by atoms with Gasteiger partial charge in [0.2, 0.25) is 0 Å². The summed E-state index contributed by atoms with van der Waals surface area (Å²) in [5.74, 6) is 1.08. The van der Waals surface area contributed by atoms with Crippen LogP contribution in [0.5, 0.6) is 0 Å². The van der Waals surface area contributed by atoms with Crippen molar-refractivity contribution in [2.75, 3.05) is 13.1 Å². The molecular weight excluding hydrogens is 138 g/mol. The van der Waals surface area contributed by atoms with Crippen LogP contribution >= 0.6 is 0 Å². The third-order valence-corrected chi connectivity index (χ3v) is 2.21. The lowest BCUT2D eigenvalue weighted by molar-refractivity contribution is -0.119. The summed E-state index contributed by atoms with van der Waals surface area (Å²) in [7, 11) is 0. The van der Waals surface area contributed by atoms with Crippen LogP contribution < -0.4 is 5.32 Å². The molecule has 0 aliphatic carbocycles. The van der Waals surface area contributed by atoms with Crippen molar-refractivity contribution in [3.63, 3.8) is 0 Å². The number of carbonyl (C=O) groups excluding carboxylic acids is 1. The number of nitrogens with one attached hydrogen (secondary N) is 1. The van der Waals surface area contributed by atoms with E-state index in [4.69, 9.17) is 0 Å². The second-order valence-electron chi connectivity index (χ2n) is 3.35. The number of hydrogen-bond donors (Lipinski definition) is 1. The Morgan fingerprint density at radius 1 is 1.64 bits per heavy atom. The van der Waals surface area contributed by atoms with Gasteiger partial charge in [-0.15, -0.1) is 0 Å². The summed E-state index contributed by atoms with van der Waals surface area (Å²) in [4.78, 5) is 11.2. The van der Waals surface area contributed by atoms with Crippen molar-refractivity contribution in [1.29, 1.82) is 0 Å². The van der Waals surface area contributed by atoms with Crippen LogP contribution in [0.4, 0.5) is 0 Å². The first-order valence-corrected chi connectivity index (χ1v) is 4.55. The second-order valence-corrected chi connectivity index (χ2v) is 3.35. The highest BCUT2D eigenvalue weighted by Crippen LogP contribution is 2.13. The maximum Gasteiger partial charge on any atom is 0.133 e. The van der Waals surface area contributed by atoms with Gasteiger partial charge in [0.25, 0.3) is 0 Å². The van der Waals surface area contributed by atoms with Crippen LogP contribution in [0.15, 0.2) is 0 Å². The van der Waals surface area contributed by atoms with Crippen molar-refractivity contribution < 1.29 is 4.79 Å². The maximum atomic E-state index is 11.2. The summed E-state index contributed by atoms with van der Waals surface area (Å²) in [6, 6.07) is 0. The van der Waals surface area contributed by atoms with E-state index in [-0.39, 0.29) is 0 Å². The number of Topliss-reactive ketones (excluding diaryl/α,β-unsaturated/α-hetero) is 1. The Morgan fingerprint density at radius 2 is 2.45 bits per heavy atom. The van der Waals surface area contributed by atoms with Gasteiger partial charge in [-0.05, 0) is 31.8 Å². The fourth-order valence-corrected chi connectivity index (χ4v) is 1.59. The molecule has 1 aliphatic rings. The van der Waals surface area contributed by atoms with Gasteiger partial charge in [0.15, 0.2) is 0 Å². The van der Waals surface area contributed by atoms with Gasteiger partial charge in [-0.1, -0.05) is 6.92 Å². The van der Waals surface area contributed by atoms with Crippen molar-refractivity contribution in [3.8, 4) is 0 Å². The predicted molar refractivity (Wildman–Crippen MR) is 45.5 cm³/mol. The average molecular weight is 155 g/mol. The fraction of sp³-hybridized carbons (Fsp3) is 0.889. The van der Waals surface area contributed by atoms with E-state index in [2.05, 4.69) is 12.2 Å². The van der Waals surface area contributed by atoms with Crippen LogP contribution in [0.1, 0.15) is 32.6 Å². The number of hydrogen-bond acceptors (Lipinski definition) is 2. The number of rotatable bonds is 4. The average Bonchev–Trinajstić information content (AvgIpc) is 2.40. The first-order valence-electron chi connectivity index (χ1n) is 4.55. The molecule has 2 heteroatoms. The van der Waals surface area contributed by atoms with Crippen LogP contribution in [0.2, 0.25) is 0 Å². The summed E-state index contributed by atoms with van der Waals surface area (Å²) in [6.07, 6.45) is 3.77. The highest BCUT2D eigenvalue weighted by molar-refractivity contribution is 5.78. The molecular formula is C9H17NO. The van der Waals surface area contributed by atoms with Crippen molar-refractivity contribution in [2.45, 2.75) is 32.6 Å². The van der Waals surface area contributed by atoms with E-state index in [0.717, 1.165) is 32.4 Å². The van der Waals surface area contributed by atoms with E-state index in [1.54, 1.807) is 0 Å². The Bertz CT molecular complexity index is 128. The Labute approximate surface area is 68.4 Å². The van der Waals surface area contributed by atoms with E-state index in [9.17, 15) is 4.79 Å². The van der Waals surface area contributed by atoms with Gasteiger partial charge in [0.05, 0.1) is 0 Å². The Balaban J connectivity index is 2.13. The van der Waals surface area contributed by atoms with Crippen LogP contribution in [0, 0.1) is 5.92 Å². The summed E-state index contributed by atoms with van der Waals surface area (Å²) < 4.78 is 0. The molecule has 0 radical (unpaired) electrons. The Morgan fingerprint density at radius 3 is 3.00 bits per heavy atom. The zero-order valence-corrected chi connectivity index (χ0v) is 7.23. The second kappa shape index (κ2) is 4.50. The number of ketones is 1. The first-order chi connectivity index (χ1) is 5.33. The van der Waals surface area contributed by atoms with E-state index in [1.807, 2.05) is 0 Å². The zero-order chi connectivity index (χ0) is 8.10. The molecule has 0 saturated carbocycles. The molecule has 0 bridgehead atoms. The summed E-state index contributed by atoms with van der Waals surface area (Å²) in [5.41, 5.74) is 0. The Hall–Kier alpha value is -0.370. The van der Waals surface area contributed by atoms with Crippen molar-refractivity contribution in [1.82, 2.24) is 5.32 Å². The highest BCUT2D eigenvalue weighted by atomic mass is 16.1. The smallest absolute Gasteiger partial charge is 0.133 e. The maximum absolute atomic E-state index is 11.2. The molecule has 0 spiro atoms. The SMILES string of the molecule is CCCC(=O)CC1CCNC1. The molecule has 0 amide bonds. The molecule has 1 N–H and O–H groups in total. The molecule has 0 aromatic rings.